The second-order valence-electron chi connectivity index (χ2n) is 6.38. The highest BCUT2D eigenvalue weighted by Crippen LogP contribution is 2.43. The minimum Gasteiger partial charge on any atom is -0.506 e. The zero-order valence-corrected chi connectivity index (χ0v) is 16.5. The van der Waals surface area contributed by atoms with Crippen LogP contribution in [0.2, 0.25) is 0 Å². The van der Waals surface area contributed by atoms with Gasteiger partial charge in [-0.3, -0.25) is 4.90 Å². The summed E-state index contributed by atoms with van der Waals surface area (Å²) >= 11 is 4.56. The molecule has 0 aliphatic carbocycles. The molecule has 0 unspecified atom stereocenters. The Kier molecular flexibility index (Phi) is 5.58. The van der Waals surface area contributed by atoms with E-state index in [-0.39, 0.29) is 11.5 Å². The van der Waals surface area contributed by atoms with E-state index in [1.54, 1.807) is 0 Å². The highest BCUT2D eigenvalue weighted by molar-refractivity contribution is 14.1. The van der Waals surface area contributed by atoms with Gasteiger partial charge < -0.3 is 10.4 Å². The van der Waals surface area contributed by atoms with Crippen molar-refractivity contribution < 1.29 is 5.11 Å². The lowest BCUT2D eigenvalue weighted by atomic mass is 9.80. The molecule has 0 spiro atoms. The lowest BCUT2D eigenvalue weighted by molar-refractivity contribution is 0.0841. The number of nitrogens with zero attached hydrogens (tertiary/aromatic N) is 1. The third-order valence-electron chi connectivity index (χ3n) is 3.69. The van der Waals surface area contributed by atoms with Gasteiger partial charge >= 0.3 is 0 Å². The first-order valence-corrected chi connectivity index (χ1v) is 9.09. The van der Waals surface area contributed by atoms with E-state index in [2.05, 4.69) is 82.2 Å². The molecule has 1 heterocycles. The van der Waals surface area contributed by atoms with Crippen LogP contribution in [0.5, 0.6) is 5.75 Å². The quantitative estimate of drug-likeness (QED) is 0.610. The van der Waals surface area contributed by atoms with Crippen molar-refractivity contribution in [2.24, 2.45) is 5.41 Å². The van der Waals surface area contributed by atoms with Gasteiger partial charge in [0.1, 0.15) is 5.75 Å². The number of benzene rings is 1. The third kappa shape index (κ3) is 3.78. The molecule has 1 saturated heterocycles. The Labute approximate surface area is 148 Å². The van der Waals surface area contributed by atoms with Gasteiger partial charge in [0.05, 0.1) is 3.57 Å². The van der Waals surface area contributed by atoms with Crippen molar-refractivity contribution in [3.8, 4) is 5.75 Å². The normalized spacial score (nSPS) is 19.1. The van der Waals surface area contributed by atoms with E-state index < -0.39 is 0 Å². The molecule has 3 nitrogen and oxygen atoms in total. The van der Waals surface area contributed by atoms with Crippen molar-refractivity contribution in [2.45, 2.75) is 26.8 Å². The average Bonchev–Trinajstić information content (AvgIpc) is 2.35. The third-order valence-corrected chi connectivity index (χ3v) is 5.13. The number of aromatic hydroxyl groups is 1. The first-order valence-electron chi connectivity index (χ1n) is 6.93. The monoisotopic (exact) mass is 500 g/mol. The molecule has 0 bridgehead atoms. The number of nitrogens with one attached hydrogen (secondary N) is 1. The fraction of sp³-hybridized carbons (Fsp3) is 0.600. The molecule has 0 amide bonds. The molecule has 1 aromatic rings. The largest absolute Gasteiger partial charge is 0.506 e. The standard InChI is InChI=1S/C15H22I2N2O/c1-15(2,3)14(19-6-4-18-5-7-19)11-8-10(16)9-12(17)13(11)20/h8-9,14,18,20H,4-7H2,1-3H3/t14-/m0/s1. The second-order valence-corrected chi connectivity index (χ2v) is 8.79. The number of hydrogen-bond donors (Lipinski definition) is 2. The lowest BCUT2D eigenvalue weighted by Crippen LogP contribution is -2.48. The molecule has 1 fully saturated rings. The predicted molar refractivity (Wildman–Crippen MR) is 100 cm³/mol. The van der Waals surface area contributed by atoms with E-state index in [4.69, 9.17) is 0 Å². The van der Waals surface area contributed by atoms with Gasteiger partial charge in [-0.2, -0.15) is 0 Å². The van der Waals surface area contributed by atoms with E-state index in [9.17, 15) is 5.11 Å². The summed E-state index contributed by atoms with van der Waals surface area (Å²) in [6.45, 7) is 10.9. The van der Waals surface area contributed by atoms with Gasteiger partial charge in [-0.05, 0) is 62.7 Å². The fourth-order valence-electron chi connectivity index (χ4n) is 2.95. The minimum atomic E-state index is 0.0856. The maximum atomic E-state index is 10.5. The van der Waals surface area contributed by atoms with Gasteiger partial charge in [0, 0.05) is 41.4 Å². The molecule has 112 valence electrons. The molecule has 1 aliphatic heterocycles. The number of hydrogen-bond acceptors (Lipinski definition) is 3. The summed E-state index contributed by atoms with van der Waals surface area (Å²) in [5.41, 5.74) is 1.15. The summed E-state index contributed by atoms with van der Waals surface area (Å²) in [5, 5.41) is 13.9. The topological polar surface area (TPSA) is 35.5 Å². The summed E-state index contributed by atoms with van der Waals surface area (Å²) in [6, 6.07) is 4.40. The maximum absolute atomic E-state index is 10.5. The number of phenols is 1. The zero-order valence-electron chi connectivity index (χ0n) is 12.2. The molecule has 0 aromatic heterocycles. The molecular formula is C15H22I2N2O. The van der Waals surface area contributed by atoms with Crippen molar-refractivity contribution in [3.63, 3.8) is 0 Å². The molecule has 0 radical (unpaired) electrons. The molecule has 1 aromatic carbocycles. The predicted octanol–water partition coefficient (Wildman–Crippen LogP) is 3.59. The average molecular weight is 500 g/mol. The van der Waals surface area contributed by atoms with Crippen LogP contribution in [0.3, 0.4) is 0 Å². The van der Waals surface area contributed by atoms with E-state index in [1.807, 2.05) is 6.07 Å². The van der Waals surface area contributed by atoms with Crippen LogP contribution in [0.4, 0.5) is 0 Å². The Morgan fingerprint density at radius 3 is 2.35 bits per heavy atom. The summed E-state index contributed by atoms with van der Waals surface area (Å²) in [5.74, 6) is 0.449. The van der Waals surface area contributed by atoms with Crippen molar-refractivity contribution >= 4 is 45.2 Å². The van der Waals surface area contributed by atoms with Gasteiger partial charge in [0.25, 0.3) is 0 Å². The molecule has 2 rings (SSSR count). The van der Waals surface area contributed by atoms with Gasteiger partial charge in [0.15, 0.2) is 0 Å². The highest BCUT2D eigenvalue weighted by atomic mass is 127. The molecule has 1 atom stereocenters. The SMILES string of the molecule is CC(C)(C)[C@H](c1cc(I)cc(I)c1O)N1CCNCC1. The van der Waals surface area contributed by atoms with Crippen LogP contribution in [-0.4, -0.2) is 36.2 Å². The van der Waals surface area contributed by atoms with Crippen molar-refractivity contribution in [3.05, 3.63) is 24.8 Å². The van der Waals surface area contributed by atoms with Gasteiger partial charge in [-0.1, -0.05) is 20.8 Å². The molecule has 20 heavy (non-hydrogen) atoms. The van der Waals surface area contributed by atoms with Crippen LogP contribution in [0.25, 0.3) is 0 Å². The Morgan fingerprint density at radius 2 is 1.80 bits per heavy atom. The minimum absolute atomic E-state index is 0.0856. The van der Waals surface area contributed by atoms with Crippen molar-refractivity contribution in [1.29, 1.82) is 0 Å². The highest BCUT2D eigenvalue weighted by Gasteiger charge is 2.34. The Balaban J connectivity index is 2.46. The number of halogens is 2. The lowest BCUT2D eigenvalue weighted by Gasteiger charge is -2.43. The van der Waals surface area contributed by atoms with Crippen LogP contribution < -0.4 is 5.32 Å². The fourth-order valence-corrected chi connectivity index (χ4v) is 4.84. The van der Waals surface area contributed by atoms with Crippen LogP contribution in [0.15, 0.2) is 12.1 Å². The van der Waals surface area contributed by atoms with E-state index in [1.165, 1.54) is 3.57 Å². The smallest absolute Gasteiger partial charge is 0.133 e. The first kappa shape index (κ1) is 16.8. The van der Waals surface area contributed by atoms with Gasteiger partial charge in [0.2, 0.25) is 0 Å². The van der Waals surface area contributed by atoms with Gasteiger partial charge in [-0.15, -0.1) is 0 Å². The van der Waals surface area contributed by atoms with E-state index in [0.717, 1.165) is 35.3 Å². The van der Waals surface area contributed by atoms with Crippen LogP contribution in [-0.2, 0) is 0 Å². The summed E-state index contributed by atoms with van der Waals surface area (Å²) < 4.78 is 2.12. The molecular weight excluding hydrogens is 478 g/mol. The van der Waals surface area contributed by atoms with E-state index in [0.29, 0.717) is 5.75 Å². The Bertz CT molecular complexity index is 479. The maximum Gasteiger partial charge on any atom is 0.133 e. The second kappa shape index (κ2) is 6.66. The summed E-state index contributed by atoms with van der Waals surface area (Å²) in [7, 11) is 0. The number of phenolic OH excluding ortho intramolecular Hbond substituents is 1. The Morgan fingerprint density at radius 1 is 1.20 bits per heavy atom. The van der Waals surface area contributed by atoms with Gasteiger partial charge in [-0.25, -0.2) is 0 Å². The van der Waals surface area contributed by atoms with E-state index >= 15 is 0 Å². The summed E-state index contributed by atoms with van der Waals surface area (Å²) in [6.07, 6.45) is 0. The molecule has 5 heteroatoms. The number of rotatable bonds is 2. The Hall–Kier alpha value is 0.400. The van der Waals surface area contributed by atoms with Crippen LogP contribution in [0, 0.1) is 12.6 Å². The van der Waals surface area contributed by atoms with Crippen LogP contribution in [0.1, 0.15) is 32.4 Å². The van der Waals surface area contributed by atoms with Crippen molar-refractivity contribution in [1.82, 2.24) is 10.2 Å². The molecule has 1 aliphatic rings. The molecule has 2 N–H and O–H groups in total. The van der Waals surface area contributed by atoms with Crippen LogP contribution >= 0.6 is 45.2 Å². The first-order chi connectivity index (χ1) is 9.30. The summed E-state index contributed by atoms with van der Waals surface area (Å²) in [4.78, 5) is 2.50. The number of piperazine rings is 1. The zero-order chi connectivity index (χ0) is 14.9. The van der Waals surface area contributed by atoms with Crippen molar-refractivity contribution in [2.75, 3.05) is 26.2 Å². The molecule has 0 saturated carbocycles.